The van der Waals surface area contributed by atoms with Crippen LogP contribution in [0.25, 0.3) is 0 Å². The van der Waals surface area contributed by atoms with E-state index >= 15 is 0 Å². The van der Waals surface area contributed by atoms with Crippen molar-refractivity contribution >= 4 is 39.0 Å². The summed E-state index contributed by atoms with van der Waals surface area (Å²) in [7, 11) is 0. The quantitative estimate of drug-likeness (QED) is 0.799. The average Bonchev–Trinajstić information content (AvgIpc) is 2.26. The largest absolute Gasteiger partial charge is 0.451 e. The standard InChI is InChI=1S/C11H6BrClF3N3/c12-6-2-1-3-7(4-6)17-9-5-8(13)18-10(19-9)11(14,15)16/h1-5H,(H,17,18,19). The fraction of sp³-hybridized carbons (Fsp3) is 0.0909. The van der Waals surface area contributed by atoms with Crippen LogP contribution in [0.1, 0.15) is 5.82 Å². The summed E-state index contributed by atoms with van der Waals surface area (Å²) in [6.45, 7) is 0. The van der Waals surface area contributed by atoms with Gasteiger partial charge in [-0.2, -0.15) is 13.2 Å². The molecule has 0 spiro atoms. The van der Waals surface area contributed by atoms with Crippen molar-refractivity contribution in [3.05, 3.63) is 45.8 Å². The van der Waals surface area contributed by atoms with E-state index in [-0.39, 0.29) is 11.0 Å². The Labute approximate surface area is 120 Å². The van der Waals surface area contributed by atoms with Crippen molar-refractivity contribution in [3.63, 3.8) is 0 Å². The van der Waals surface area contributed by atoms with Gasteiger partial charge < -0.3 is 5.32 Å². The average molecular weight is 353 g/mol. The fourth-order valence-corrected chi connectivity index (χ4v) is 1.91. The first kappa shape index (κ1) is 14.1. The van der Waals surface area contributed by atoms with E-state index in [9.17, 15) is 13.2 Å². The number of aromatic nitrogens is 2. The smallest absolute Gasteiger partial charge is 0.340 e. The Morgan fingerprint density at radius 3 is 2.53 bits per heavy atom. The summed E-state index contributed by atoms with van der Waals surface area (Å²) >= 11 is 8.81. The monoisotopic (exact) mass is 351 g/mol. The van der Waals surface area contributed by atoms with Gasteiger partial charge in [-0.3, -0.25) is 0 Å². The molecule has 8 heteroatoms. The van der Waals surface area contributed by atoms with Crippen molar-refractivity contribution < 1.29 is 13.2 Å². The Hall–Kier alpha value is -1.34. The van der Waals surface area contributed by atoms with Gasteiger partial charge in [-0.1, -0.05) is 33.6 Å². The lowest BCUT2D eigenvalue weighted by Gasteiger charge is -2.09. The summed E-state index contributed by atoms with van der Waals surface area (Å²) < 4.78 is 38.4. The Bertz CT molecular complexity index is 604. The van der Waals surface area contributed by atoms with Gasteiger partial charge in [-0.15, -0.1) is 0 Å². The van der Waals surface area contributed by atoms with Crippen molar-refractivity contribution in [2.75, 3.05) is 5.32 Å². The molecule has 0 amide bonds. The molecular weight excluding hydrogens is 346 g/mol. The van der Waals surface area contributed by atoms with Crippen LogP contribution in [0.15, 0.2) is 34.8 Å². The Balaban J connectivity index is 2.33. The zero-order valence-electron chi connectivity index (χ0n) is 9.17. The second-order valence-corrected chi connectivity index (χ2v) is 4.84. The van der Waals surface area contributed by atoms with E-state index in [0.29, 0.717) is 5.69 Å². The van der Waals surface area contributed by atoms with E-state index in [0.717, 1.165) is 4.47 Å². The van der Waals surface area contributed by atoms with E-state index in [4.69, 9.17) is 11.6 Å². The molecule has 0 saturated carbocycles. The molecule has 0 aliphatic carbocycles. The maximum Gasteiger partial charge on any atom is 0.451 e. The van der Waals surface area contributed by atoms with Crippen LogP contribution in [-0.2, 0) is 6.18 Å². The molecule has 0 aliphatic heterocycles. The Morgan fingerprint density at radius 2 is 1.89 bits per heavy atom. The van der Waals surface area contributed by atoms with Gasteiger partial charge in [0, 0.05) is 16.2 Å². The van der Waals surface area contributed by atoms with Gasteiger partial charge in [0.1, 0.15) is 11.0 Å². The number of hydrogen-bond donors (Lipinski definition) is 1. The topological polar surface area (TPSA) is 37.8 Å². The summed E-state index contributed by atoms with van der Waals surface area (Å²) in [6.07, 6.45) is -4.64. The zero-order valence-corrected chi connectivity index (χ0v) is 11.5. The molecule has 0 atom stereocenters. The van der Waals surface area contributed by atoms with Crippen LogP contribution in [0.4, 0.5) is 24.7 Å². The number of benzene rings is 1. The molecule has 0 fully saturated rings. The number of nitrogens with one attached hydrogen (secondary N) is 1. The molecule has 1 N–H and O–H groups in total. The van der Waals surface area contributed by atoms with Crippen molar-refractivity contribution in [1.82, 2.24) is 9.97 Å². The second kappa shape index (κ2) is 5.34. The van der Waals surface area contributed by atoms with Crippen LogP contribution in [-0.4, -0.2) is 9.97 Å². The number of rotatable bonds is 2. The van der Waals surface area contributed by atoms with Gasteiger partial charge in [0.15, 0.2) is 0 Å². The summed E-state index contributed by atoms with van der Waals surface area (Å²) in [5.41, 5.74) is 0.581. The van der Waals surface area contributed by atoms with Crippen molar-refractivity contribution in [2.24, 2.45) is 0 Å². The van der Waals surface area contributed by atoms with E-state index in [1.807, 2.05) is 0 Å². The highest BCUT2D eigenvalue weighted by Gasteiger charge is 2.35. The predicted octanol–water partition coefficient (Wildman–Crippen LogP) is 4.65. The SMILES string of the molecule is FC(F)(F)c1nc(Cl)cc(Nc2cccc(Br)c2)n1. The second-order valence-electron chi connectivity index (χ2n) is 3.53. The molecule has 1 heterocycles. The third-order valence-electron chi connectivity index (χ3n) is 2.05. The normalized spacial score (nSPS) is 11.4. The summed E-state index contributed by atoms with van der Waals surface area (Å²) in [6, 6.07) is 8.13. The van der Waals surface area contributed by atoms with E-state index in [1.54, 1.807) is 24.3 Å². The van der Waals surface area contributed by atoms with E-state index in [1.165, 1.54) is 6.07 Å². The van der Waals surface area contributed by atoms with Crippen LogP contribution in [0, 0.1) is 0 Å². The molecule has 3 nitrogen and oxygen atoms in total. The van der Waals surface area contributed by atoms with Crippen molar-refractivity contribution in [1.29, 1.82) is 0 Å². The minimum Gasteiger partial charge on any atom is -0.340 e. The van der Waals surface area contributed by atoms with Crippen LogP contribution in [0.3, 0.4) is 0 Å². The lowest BCUT2D eigenvalue weighted by atomic mass is 10.3. The van der Waals surface area contributed by atoms with Crippen LogP contribution in [0.2, 0.25) is 5.15 Å². The zero-order chi connectivity index (χ0) is 14.0. The number of halogens is 5. The molecule has 2 rings (SSSR count). The van der Waals surface area contributed by atoms with Crippen molar-refractivity contribution in [3.8, 4) is 0 Å². The number of hydrogen-bond acceptors (Lipinski definition) is 3. The fourth-order valence-electron chi connectivity index (χ4n) is 1.32. The third kappa shape index (κ3) is 3.81. The lowest BCUT2D eigenvalue weighted by Crippen LogP contribution is -2.12. The summed E-state index contributed by atoms with van der Waals surface area (Å²) in [5.74, 6) is -1.30. The van der Waals surface area contributed by atoms with Crippen molar-refractivity contribution in [2.45, 2.75) is 6.18 Å². The van der Waals surface area contributed by atoms with Gasteiger partial charge in [0.2, 0.25) is 5.82 Å². The first-order valence-electron chi connectivity index (χ1n) is 4.99. The lowest BCUT2D eigenvalue weighted by molar-refractivity contribution is -0.144. The highest BCUT2D eigenvalue weighted by atomic mass is 79.9. The molecule has 19 heavy (non-hydrogen) atoms. The van der Waals surface area contributed by atoms with Gasteiger partial charge >= 0.3 is 6.18 Å². The molecular formula is C11H6BrClF3N3. The molecule has 0 unspecified atom stereocenters. The van der Waals surface area contributed by atoms with Crippen LogP contribution in [0.5, 0.6) is 0 Å². The van der Waals surface area contributed by atoms with Gasteiger partial charge in [0.25, 0.3) is 0 Å². The molecule has 1 aromatic carbocycles. The highest BCUT2D eigenvalue weighted by molar-refractivity contribution is 9.10. The van der Waals surface area contributed by atoms with E-state index in [2.05, 4.69) is 31.2 Å². The first-order valence-corrected chi connectivity index (χ1v) is 6.16. The van der Waals surface area contributed by atoms with Gasteiger partial charge in [-0.25, -0.2) is 9.97 Å². The molecule has 1 aromatic heterocycles. The molecule has 100 valence electrons. The Morgan fingerprint density at radius 1 is 1.16 bits per heavy atom. The highest BCUT2D eigenvalue weighted by Crippen LogP contribution is 2.29. The molecule has 0 saturated heterocycles. The first-order chi connectivity index (χ1) is 8.84. The van der Waals surface area contributed by atoms with Crippen LogP contribution < -0.4 is 5.32 Å². The minimum absolute atomic E-state index is 0.0228. The molecule has 0 radical (unpaired) electrons. The molecule has 0 aliphatic rings. The Kier molecular flexibility index (Phi) is 3.96. The summed E-state index contributed by atoms with van der Waals surface area (Å²) in [4.78, 5) is 6.53. The number of nitrogens with zero attached hydrogens (tertiary/aromatic N) is 2. The van der Waals surface area contributed by atoms with Gasteiger partial charge in [0.05, 0.1) is 0 Å². The minimum atomic E-state index is -4.64. The van der Waals surface area contributed by atoms with Gasteiger partial charge in [-0.05, 0) is 18.2 Å². The number of anilines is 2. The predicted molar refractivity (Wildman–Crippen MR) is 69.5 cm³/mol. The van der Waals surface area contributed by atoms with Crippen LogP contribution >= 0.6 is 27.5 Å². The molecule has 2 aromatic rings. The molecule has 0 bridgehead atoms. The maximum atomic E-state index is 12.5. The van der Waals surface area contributed by atoms with E-state index < -0.39 is 12.0 Å². The number of alkyl halides is 3. The maximum absolute atomic E-state index is 12.5. The summed E-state index contributed by atoms with van der Waals surface area (Å²) in [5, 5.41) is 2.45. The third-order valence-corrected chi connectivity index (χ3v) is 2.73.